The van der Waals surface area contributed by atoms with Crippen molar-refractivity contribution >= 4 is 33.2 Å². The monoisotopic (exact) mass is 541 g/mol. The number of nitrogens with zero attached hydrogens (tertiary/aromatic N) is 1. The van der Waals surface area contributed by atoms with E-state index in [1.807, 2.05) is 57.2 Å². The Balaban J connectivity index is 1.60. The molecule has 0 radical (unpaired) electrons. The molecule has 39 heavy (non-hydrogen) atoms. The number of para-hydroxylation sites is 1. The summed E-state index contributed by atoms with van der Waals surface area (Å²) in [5, 5.41) is 5.71. The summed E-state index contributed by atoms with van der Waals surface area (Å²) in [5.41, 5.74) is 3.57. The van der Waals surface area contributed by atoms with Gasteiger partial charge in [-0.15, -0.1) is 0 Å². The quantitative estimate of drug-likeness (QED) is 0.287. The average molecular weight is 542 g/mol. The van der Waals surface area contributed by atoms with Crippen molar-refractivity contribution in [1.29, 1.82) is 0 Å². The van der Waals surface area contributed by atoms with E-state index in [2.05, 4.69) is 10.6 Å². The second-order valence-electron chi connectivity index (χ2n) is 9.24. The summed E-state index contributed by atoms with van der Waals surface area (Å²) in [6.07, 6.45) is 0. The van der Waals surface area contributed by atoms with E-state index in [4.69, 9.17) is 0 Å². The lowest BCUT2D eigenvalue weighted by atomic mass is 10.1. The number of carbonyl (C=O) groups is 2. The molecule has 0 fully saturated rings. The van der Waals surface area contributed by atoms with Crippen LogP contribution >= 0.6 is 0 Å². The molecule has 0 saturated heterocycles. The first kappa shape index (κ1) is 27.6. The van der Waals surface area contributed by atoms with Crippen LogP contribution in [-0.4, -0.2) is 26.8 Å². The molecule has 200 valence electrons. The van der Waals surface area contributed by atoms with Crippen molar-refractivity contribution < 1.29 is 18.0 Å². The highest BCUT2D eigenvalue weighted by molar-refractivity contribution is 7.92. The number of aryl methyl sites for hydroxylation is 1. The fourth-order valence-electron chi connectivity index (χ4n) is 4.23. The van der Waals surface area contributed by atoms with Gasteiger partial charge in [-0.05, 0) is 67.8 Å². The number of hydrogen-bond donors (Lipinski definition) is 2. The molecule has 1 atom stereocenters. The molecule has 0 aliphatic rings. The third-order valence-corrected chi connectivity index (χ3v) is 8.33. The second kappa shape index (κ2) is 12.0. The molecule has 7 nitrogen and oxygen atoms in total. The van der Waals surface area contributed by atoms with E-state index in [9.17, 15) is 18.0 Å². The molecular weight excluding hydrogens is 510 g/mol. The molecule has 4 rings (SSSR count). The summed E-state index contributed by atoms with van der Waals surface area (Å²) in [5.74, 6) is -0.933. The maximum Gasteiger partial charge on any atom is 0.264 e. The molecule has 8 heteroatoms. The fraction of sp³-hybridized carbons (Fsp3) is 0.161. The lowest BCUT2D eigenvalue weighted by Crippen LogP contribution is -2.39. The van der Waals surface area contributed by atoms with E-state index < -0.39 is 22.5 Å². The van der Waals surface area contributed by atoms with Gasteiger partial charge in [0.05, 0.1) is 27.9 Å². The van der Waals surface area contributed by atoms with E-state index >= 15 is 0 Å². The second-order valence-corrected chi connectivity index (χ2v) is 11.1. The minimum Gasteiger partial charge on any atom is -0.345 e. The molecule has 0 unspecified atom stereocenters. The van der Waals surface area contributed by atoms with Crippen LogP contribution in [0.25, 0.3) is 0 Å². The molecule has 0 spiro atoms. The average Bonchev–Trinajstić information content (AvgIpc) is 2.94. The normalized spacial score (nSPS) is 11.9. The van der Waals surface area contributed by atoms with Gasteiger partial charge in [0.1, 0.15) is 6.54 Å². The Bertz CT molecular complexity index is 1570. The highest BCUT2D eigenvalue weighted by atomic mass is 32.2. The number of rotatable bonds is 9. The predicted molar refractivity (Wildman–Crippen MR) is 154 cm³/mol. The molecule has 0 aromatic heterocycles. The molecule has 0 aliphatic carbocycles. The number of benzene rings is 4. The maximum absolute atomic E-state index is 13.7. The SMILES string of the molecule is Cc1cccc(N(CC(=O)Nc2ccccc2C(=O)N[C@@H](C)c2ccccc2)S(=O)(=O)c2ccccc2)c1C. The fourth-order valence-corrected chi connectivity index (χ4v) is 5.73. The minimum atomic E-state index is -4.06. The van der Waals surface area contributed by atoms with Crippen LogP contribution in [-0.2, 0) is 14.8 Å². The van der Waals surface area contributed by atoms with E-state index in [1.165, 1.54) is 12.1 Å². The lowest BCUT2D eigenvalue weighted by molar-refractivity contribution is -0.114. The smallest absolute Gasteiger partial charge is 0.264 e. The first-order valence-corrected chi connectivity index (χ1v) is 14.0. The first-order chi connectivity index (χ1) is 18.7. The third kappa shape index (κ3) is 6.35. The standard InChI is InChI=1S/C31H31N3O4S/c1-22-13-12-20-29(23(22)2)34(39(37,38)26-16-8-5-9-17-26)21-30(35)33-28-19-11-10-18-27(28)31(36)32-24(3)25-14-6-4-7-15-25/h4-20,24H,21H2,1-3H3,(H,32,36)(H,33,35)/t24-/m0/s1. The molecule has 4 aromatic rings. The van der Waals surface area contributed by atoms with Crippen molar-refractivity contribution in [1.82, 2.24) is 5.32 Å². The van der Waals surface area contributed by atoms with Gasteiger partial charge in [0.15, 0.2) is 0 Å². The van der Waals surface area contributed by atoms with Gasteiger partial charge in [-0.1, -0.05) is 72.8 Å². The number of anilines is 2. The zero-order valence-electron chi connectivity index (χ0n) is 22.1. The lowest BCUT2D eigenvalue weighted by Gasteiger charge is -2.26. The molecule has 0 saturated carbocycles. The van der Waals surface area contributed by atoms with Gasteiger partial charge >= 0.3 is 0 Å². The maximum atomic E-state index is 13.7. The summed E-state index contributed by atoms with van der Waals surface area (Å²) in [6, 6.07) is 29.3. The third-order valence-electron chi connectivity index (χ3n) is 6.56. The van der Waals surface area contributed by atoms with Gasteiger partial charge in [0.25, 0.3) is 15.9 Å². The van der Waals surface area contributed by atoms with E-state index in [-0.39, 0.29) is 22.4 Å². The Morgan fingerprint density at radius 1 is 0.795 bits per heavy atom. The summed E-state index contributed by atoms with van der Waals surface area (Å²) < 4.78 is 28.5. The number of carbonyl (C=O) groups excluding carboxylic acids is 2. The van der Waals surface area contributed by atoms with E-state index in [0.717, 1.165) is 21.0 Å². The number of hydrogen-bond acceptors (Lipinski definition) is 4. The first-order valence-electron chi connectivity index (χ1n) is 12.6. The zero-order valence-corrected chi connectivity index (χ0v) is 22.9. The highest BCUT2D eigenvalue weighted by Gasteiger charge is 2.29. The van der Waals surface area contributed by atoms with E-state index in [0.29, 0.717) is 11.4 Å². The minimum absolute atomic E-state index is 0.0772. The summed E-state index contributed by atoms with van der Waals surface area (Å²) in [4.78, 5) is 26.5. The molecule has 2 N–H and O–H groups in total. The molecule has 0 heterocycles. The van der Waals surface area contributed by atoms with Crippen molar-refractivity contribution in [3.8, 4) is 0 Å². The van der Waals surface area contributed by atoms with Crippen molar-refractivity contribution in [2.75, 3.05) is 16.2 Å². The van der Waals surface area contributed by atoms with Crippen molar-refractivity contribution in [2.24, 2.45) is 0 Å². The summed E-state index contributed by atoms with van der Waals surface area (Å²) in [7, 11) is -4.06. The molecular formula is C31H31N3O4S. The summed E-state index contributed by atoms with van der Waals surface area (Å²) in [6.45, 7) is 5.12. The van der Waals surface area contributed by atoms with Crippen LogP contribution in [0.2, 0.25) is 0 Å². The van der Waals surface area contributed by atoms with Gasteiger partial charge < -0.3 is 10.6 Å². The molecule has 0 aliphatic heterocycles. The van der Waals surface area contributed by atoms with Crippen LogP contribution in [0.5, 0.6) is 0 Å². The molecule has 4 aromatic carbocycles. The Hall–Kier alpha value is -4.43. The highest BCUT2D eigenvalue weighted by Crippen LogP contribution is 2.29. The number of sulfonamides is 1. The van der Waals surface area contributed by atoms with Gasteiger partial charge in [-0.2, -0.15) is 0 Å². The van der Waals surface area contributed by atoms with Crippen LogP contribution in [0.1, 0.15) is 40.0 Å². The van der Waals surface area contributed by atoms with Crippen LogP contribution < -0.4 is 14.9 Å². The largest absolute Gasteiger partial charge is 0.345 e. The Labute approximate surface area is 229 Å². The van der Waals surface area contributed by atoms with Gasteiger partial charge in [0, 0.05) is 0 Å². The van der Waals surface area contributed by atoms with E-state index in [1.54, 1.807) is 54.6 Å². The number of amides is 2. The van der Waals surface area contributed by atoms with Crippen molar-refractivity contribution in [3.63, 3.8) is 0 Å². The Morgan fingerprint density at radius 3 is 2.10 bits per heavy atom. The van der Waals surface area contributed by atoms with Gasteiger partial charge in [-0.25, -0.2) is 8.42 Å². The zero-order chi connectivity index (χ0) is 28.0. The molecule has 0 bridgehead atoms. The van der Waals surface area contributed by atoms with Gasteiger partial charge in [-0.3, -0.25) is 13.9 Å². The Morgan fingerprint density at radius 2 is 1.41 bits per heavy atom. The van der Waals surface area contributed by atoms with Crippen molar-refractivity contribution in [3.05, 3.63) is 125 Å². The van der Waals surface area contributed by atoms with Crippen LogP contribution in [0.3, 0.4) is 0 Å². The topological polar surface area (TPSA) is 95.6 Å². The van der Waals surface area contributed by atoms with Crippen LogP contribution in [0.4, 0.5) is 11.4 Å². The number of nitrogens with one attached hydrogen (secondary N) is 2. The molecule has 2 amide bonds. The van der Waals surface area contributed by atoms with Crippen LogP contribution in [0.15, 0.2) is 108 Å². The Kier molecular flexibility index (Phi) is 8.46. The summed E-state index contributed by atoms with van der Waals surface area (Å²) >= 11 is 0. The van der Waals surface area contributed by atoms with Crippen molar-refractivity contribution in [2.45, 2.75) is 31.7 Å². The van der Waals surface area contributed by atoms with Gasteiger partial charge in [0.2, 0.25) is 5.91 Å². The van der Waals surface area contributed by atoms with Crippen LogP contribution in [0, 0.1) is 13.8 Å². The predicted octanol–water partition coefficient (Wildman–Crippen LogP) is 5.63.